The van der Waals surface area contributed by atoms with E-state index in [-0.39, 0.29) is 12.5 Å². The average molecular weight is 270 g/mol. The summed E-state index contributed by atoms with van der Waals surface area (Å²) in [5.74, 6) is -0.282. The Morgan fingerprint density at radius 1 is 1.47 bits per heavy atom. The third-order valence-corrected chi connectivity index (χ3v) is 3.21. The minimum atomic E-state index is -0.684. The summed E-state index contributed by atoms with van der Waals surface area (Å²) in [6, 6.07) is 0. The zero-order valence-corrected chi connectivity index (χ0v) is 11.6. The second-order valence-corrected chi connectivity index (χ2v) is 4.80. The Hall–Kier alpha value is -1.52. The van der Waals surface area contributed by atoms with Crippen LogP contribution < -0.4 is 0 Å². The van der Waals surface area contributed by atoms with Gasteiger partial charge in [-0.3, -0.25) is 0 Å². The van der Waals surface area contributed by atoms with E-state index in [0.29, 0.717) is 12.2 Å². The van der Waals surface area contributed by atoms with Gasteiger partial charge in [-0.1, -0.05) is 13.5 Å². The Balaban J connectivity index is 2.62. The summed E-state index contributed by atoms with van der Waals surface area (Å²) in [5, 5.41) is 0. The number of rotatable bonds is 4. The van der Waals surface area contributed by atoms with Gasteiger partial charge < -0.3 is 14.2 Å². The van der Waals surface area contributed by atoms with Crippen molar-refractivity contribution < 1.29 is 23.8 Å². The molecule has 1 aliphatic heterocycles. The van der Waals surface area contributed by atoms with Crippen LogP contribution in [0.1, 0.15) is 39.5 Å². The first-order chi connectivity index (χ1) is 9.04. The molecule has 0 bridgehead atoms. The average Bonchev–Trinajstić information content (AvgIpc) is 2.46. The minimum Gasteiger partial charge on any atom is -0.458 e. The van der Waals surface area contributed by atoms with E-state index < -0.39 is 18.2 Å². The van der Waals surface area contributed by atoms with Crippen LogP contribution in [-0.2, 0) is 19.0 Å². The molecule has 19 heavy (non-hydrogen) atoms. The van der Waals surface area contributed by atoms with Crippen molar-refractivity contribution in [2.45, 2.75) is 45.6 Å². The number of hydrogen-bond donors (Lipinski definition) is 0. The highest BCUT2D eigenvalue weighted by molar-refractivity contribution is 5.86. The summed E-state index contributed by atoms with van der Waals surface area (Å²) in [5.41, 5.74) is 0.332. The molecule has 0 aliphatic carbocycles. The first-order valence-corrected chi connectivity index (χ1v) is 6.70. The SMILES string of the molecule is C=C(C)C(=O)OCC1OC(=O)OCCCCC1CC. The van der Waals surface area contributed by atoms with Crippen molar-refractivity contribution >= 4 is 12.1 Å². The fourth-order valence-corrected chi connectivity index (χ4v) is 2.02. The molecule has 5 heteroatoms. The maximum Gasteiger partial charge on any atom is 0.508 e. The van der Waals surface area contributed by atoms with Crippen LogP contribution in [0, 0.1) is 5.92 Å². The molecule has 0 aromatic rings. The molecule has 0 aromatic heterocycles. The van der Waals surface area contributed by atoms with Crippen molar-refractivity contribution in [3.05, 3.63) is 12.2 Å². The van der Waals surface area contributed by atoms with E-state index >= 15 is 0 Å². The predicted octanol–water partition coefficient (Wildman–Crippen LogP) is 2.84. The summed E-state index contributed by atoms with van der Waals surface area (Å²) in [6.45, 7) is 7.57. The van der Waals surface area contributed by atoms with E-state index in [9.17, 15) is 9.59 Å². The van der Waals surface area contributed by atoms with Gasteiger partial charge in [0.25, 0.3) is 0 Å². The number of carbonyl (C=O) groups is 2. The summed E-state index contributed by atoms with van der Waals surface area (Å²) in [6.07, 6.45) is 2.48. The van der Waals surface area contributed by atoms with Crippen LogP contribution in [0.5, 0.6) is 0 Å². The molecule has 108 valence electrons. The number of ether oxygens (including phenoxy) is 3. The Bertz CT molecular complexity index is 337. The van der Waals surface area contributed by atoms with Gasteiger partial charge in [0.15, 0.2) is 0 Å². The van der Waals surface area contributed by atoms with Gasteiger partial charge >= 0.3 is 12.1 Å². The molecular formula is C14H22O5. The maximum absolute atomic E-state index is 11.4. The Morgan fingerprint density at radius 2 is 2.21 bits per heavy atom. The van der Waals surface area contributed by atoms with Crippen molar-refractivity contribution in [2.75, 3.05) is 13.2 Å². The van der Waals surface area contributed by atoms with Crippen LogP contribution in [-0.4, -0.2) is 31.4 Å². The van der Waals surface area contributed by atoms with Crippen LogP contribution in [0.4, 0.5) is 4.79 Å². The van der Waals surface area contributed by atoms with Gasteiger partial charge in [0, 0.05) is 5.57 Å². The molecule has 1 rings (SSSR count). The standard InChI is InChI=1S/C14H22O5/c1-4-11-7-5-6-8-17-14(16)19-12(11)9-18-13(15)10(2)3/h11-12H,2,4-9H2,1,3H3. The second-order valence-electron chi connectivity index (χ2n) is 4.80. The van der Waals surface area contributed by atoms with Gasteiger partial charge in [-0.25, -0.2) is 9.59 Å². The zero-order chi connectivity index (χ0) is 14.3. The van der Waals surface area contributed by atoms with Crippen LogP contribution in [0.15, 0.2) is 12.2 Å². The lowest BCUT2D eigenvalue weighted by Crippen LogP contribution is -2.32. The smallest absolute Gasteiger partial charge is 0.458 e. The summed E-state index contributed by atoms with van der Waals surface area (Å²) in [4.78, 5) is 22.8. The van der Waals surface area contributed by atoms with Crippen molar-refractivity contribution in [1.29, 1.82) is 0 Å². The lowest BCUT2D eigenvalue weighted by atomic mass is 9.93. The highest BCUT2D eigenvalue weighted by Crippen LogP contribution is 2.22. The van der Waals surface area contributed by atoms with Crippen LogP contribution in [0.3, 0.4) is 0 Å². The molecular weight excluding hydrogens is 248 g/mol. The van der Waals surface area contributed by atoms with E-state index in [1.807, 2.05) is 6.92 Å². The van der Waals surface area contributed by atoms with Crippen molar-refractivity contribution in [3.63, 3.8) is 0 Å². The topological polar surface area (TPSA) is 61.8 Å². The summed E-state index contributed by atoms with van der Waals surface area (Å²) >= 11 is 0. The van der Waals surface area contributed by atoms with E-state index in [1.54, 1.807) is 6.92 Å². The Morgan fingerprint density at radius 3 is 2.84 bits per heavy atom. The van der Waals surface area contributed by atoms with Gasteiger partial charge in [0.2, 0.25) is 0 Å². The monoisotopic (exact) mass is 270 g/mol. The van der Waals surface area contributed by atoms with E-state index in [2.05, 4.69) is 6.58 Å². The fourth-order valence-electron chi connectivity index (χ4n) is 2.02. The van der Waals surface area contributed by atoms with E-state index in [4.69, 9.17) is 14.2 Å². The van der Waals surface area contributed by atoms with Crippen LogP contribution in [0.2, 0.25) is 0 Å². The molecule has 0 saturated carbocycles. The summed E-state index contributed by atoms with van der Waals surface area (Å²) in [7, 11) is 0. The lowest BCUT2D eigenvalue weighted by molar-refractivity contribution is -0.143. The highest BCUT2D eigenvalue weighted by Gasteiger charge is 2.27. The number of esters is 1. The summed E-state index contributed by atoms with van der Waals surface area (Å²) < 4.78 is 15.2. The first-order valence-electron chi connectivity index (χ1n) is 6.70. The van der Waals surface area contributed by atoms with Gasteiger partial charge in [0.05, 0.1) is 6.61 Å². The third-order valence-electron chi connectivity index (χ3n) is 3.21. The highest BCUT2D eigenvalue weighted by atomic mass is 16.7. The molecule has 0 N–H and O–H groups in total. The fraction of sp³-hybridized carbons (Fsp3) is 0.714. The largest absolute Gasteiger partial charge is 0.508 e. The number of hydrogen-bond acceptors (Lipinski definition) is 5. The van der Waals surface area contributed by atoms with E-state index in [0.717, 1.165) is 25.7 Å². The van der Waals surface area contributed by atoms with Crippen molar-refractivity contribution in [2.24, 2.45) is 5.92 Å². The Kier molecular flexibility index (Phi) is 6.39. The molecule has 0 aromatic carbocycles. The molecule has 2 atom stereocenters. The van der Waals surface area contributed by atoms with E-state index in [1.165, 1.54) is 0 Å². The molecule has 1 fully saturated rings. The molecule has 0 radical (unpaired) electrons. The number of carbonyl (C=O) groups excluding carboxylic acids is 2. The van der Waals surface area contributed by atoms with Gasteiger partial charge in [-0.15, -0.1) is 0 Å². The third kappa shape index (κ3) is 5.32. The predicted molar refractivity (Wildman–Crippen MR) is 69.6 cm³/mol. The zero-order valence-electron chi connectivity index (χ0n) is 11.6. The van der Waals surface area contributed by atoms with Crippen LogP contribution >= 0.6 is 0 Å². The van der Waals surface area contributed by atoms with Gasteiger partial charge in [-0.05, 0) is 38.5 Å². The minimum absolute atomic E-state index is 0.0549. The molecule has 0 amide bonds. The molecule has 1 saturated heterocycles. The van der Waals surface area contributed by atoms with Gasteiger partial charge in [-0.2, -0.15) is 0 Å². The lowest BCUT2D eigenvalue weighted by Gasteiger charge is -2.24. The van der Waals surface area contributed by atoms with Crippen molar-refractivity contribution in [1.82, 2.24) is 0 Å². The normalized spacial score (nSPS) is 24.2. The Labute approximate surface area is 113 Å². The molecule has 2 unspecified atom stereocenters. The maximum atomic E-state index is 11.4. The molecule has 0 spiro atoms. The molecule has 1 aliphatic rings. The number of cyclic esters (lactones) is 2. The van der Waals surface area contributed by atoms with Gasteiger partial charge in [0.1, 0.15) is 12.7 Å². The van der Waals surface area contributed by atoms with Crippen molar-refractivity contribution in [3.8, 4) is 0 Å². The molecule has 1 heterocycles. The van der Waals surface area contributed by atoms with Crippen LogP contribution in [0.25, 0.3) is 0 Å². The quantitative estimate of drug-likeness (QED) is 0.580. The first kappa shape index (κ1) is 15.5. The molecule has 5 nitrogen and oxygen atoms in total. The second kappa shape index (κ2) is 7.81.